The molecule has 3 aromatic carbocycles. The van der Waals surface area contributed by atoms with Gasteiger partial charge in [0.05, 0.1) is 11.1 Å². The van der Waals surface area contributed by atoms with Gasteiger partial charge in [0.2, 0.25) is 0 Å². The van der Waals surface area contributed by atoms with Gasteiger partial charge in [-0.05, 0) is 85.8 Å². The van der Waals surface area contributed by atoms with Gasteiger partial charge in [0.1, 0.15) is 17.9 Å². The lowest BCUT2D eigenvalue weighted by molar-refractivity contribution is 0.102. The van der Waals surface area contributed by atoms with Crippen molar-refractivity contribution < 1.29 is 9.90 Å². The van der Waals surface area contributed by atoms with Gasteiger partial charge in [0, 0.05) is 31.2 Å². The third-order valence-electron chi connectivity index (χ3n) is 5.30. The minimum Gasteiger partial charge on any atom is -0.508 e. The predicted octanol–water partition coefficient (Wildman–Crippen LogP) is 6.95. The van der Waals surface area contributed by atoms with Gasteiger partial charge in [0.25, 0.3) is 5.91 Å². The van der Waals surface area contributed by atoms with Crippen LogP contribution in [-0.4, -0.2) is 26.0 Å². The lowest BCUT2D eigenvalue weighted by Gasteiger charge is -2.15. The third kappa shape index (κ3) is 5.48. The minimum atomic E-state index is -0.230. The van der Waals surface area contributed by atoms with Crippen molar-refractivity contribution in [3.63, 3.8) is 0 Å². The Bertz CT molecular complexity index is 1560. The molecule has 0 saturated carbocycles. The van der Waals surface area contributed by atoms with Gasteiger partial charge in [0.15, 0.2) is 5.65 Å². The first-order chi connectivity index (χ1) is 17.4. The summed E-state index contributed by atoms with van der Waals surface area (Å²) in [7, 11) is 0. The fourth-order valence-electron chi connectivity index (χ4n) is 3.50. The number of nitrogens with zero attached hydrogens (tertiary/aromatic N) is 3. The second-order valence-corrected chi connectivity index (χ2v) is 9.97. The highest BCUT2D eigenvalue weighted by atomic mass is 79.9. The number of amides is 1. The molecule has 178 valence electrons. The summed E-state index contributed by atoms with van der Waals surface area (Å²) in [6.45, 7) is 1.91. The molecule has 0 atom stereocenters. The number of rotatable bonds is 6. The van der Waals surface area contributed by atoms with Crippen LogP contribution in [-0.2, 0) is 0 Å². The van der Waals surface area contributed by atoms with Crippen LogP contribution in [0.1, 0.15) is 16.1 Å². The number of benzene rings is 3. The normalized spacial score (nSPS) is 10.8. The lowest BCUT2D eigenvalue weighted by atomic mass is 10.1. The number of aromatic hydroxyl groups is 1. The first kappa shape index (κ1) is 23.8. The molecule has 36 heavy (non-hydrogen) atoms. The molecule has 7 nitrogen and oxygen atoms in total. The summed E-state index contributed by atoms with van der Waals surface area (Å²) in [4.78, 5) is 28.1. The van der Waals surface area contributed by atoms with E-state index in [1.54, 1.807) is 24.3 Å². The molecule has 0 spiro atoms. The molecule has 3 N–H and O–H groups in total. The maximum atomic E-state index is 13.0. The van der Waals surface area contributed by atoms with Gasteiger partial charge < -0.3 is 15.7 Å². The Balaban J connectivity index is 1.51. The second kappa shape index (κ2) is 10.3. The van der Waals surface area contributed by atoms with Gasteiger partial charge in [-0.2, -0.15) is 0 Å². The Morgan fingerprint density at radius 1 is 0.944 bits per heavy atom. The summed E-state index contributed by atoms with van der Waals surface area (Å²) < 4.78 is 0.935. The van der Waals surface area contributed by atoms with Gasteiger partial charge in [-0.1, -0.05) is 27.7 Å². The lowest BCUT2D eigenvalue weighted by Crippen LogP contribution is -2.12. The van der Waals surface area contributed by atoms with Crippen molar-refractivity contribution in [2.45, 2.75) is 16.7 Å². The number of hydrogen-bond acceptors (Lipinski definition) is 7. The maximum Gasteiger partial charge on any atom is 0.255 e. The molecule has 0 bridgehead atoms. The molecule has 5 aromatic rings. The number of anilines is 3. The molecule has 0 saturated heterocycles. The van der Waals surface area contributed by atoms with Gasteiger partial charge in [-0.25, -0.2) is 15.0 Å². The number of phenolic OH excluding ortho intramolecular Hbond substituents is 1. The molecule has 2 aromatic heterocycles. The number of carbonyl (C=O) groups excluding carboxylic acids is 1. The fraction of sp³-hybridized carbons (Fsp3) is 0.0370. The average molecular weight is 558 g/mol. The average Bonchev–Trinajstić information content (AvgIpc) is 2.87. The van der Waals surface area contributed by atoms with E-state index in [0.29, 0.717) is 28.4 Å². The molecule has 0 radical (unpaired) electrons. The van der Waals surface area contributed by atoms with Crippen LogP contribution in [0.2, 0.25) is 0 Å². The Kier molecular flexibility index (Phi) is 6.84. The van der Waals surface area contributed by atoms with Crippen molar-refractivity contribution in [3.05, 3.63) is 101 Å². The van der Waals surface area contributed by atoms with Crippen molar-refractivity contribution in [2.24, 2.45) is 0 Å². The highest BCUT2D eigenvalue weighted by molar-refractivity contribution is 9.10. The molecule has 9 heteroatoms. The highest BCUT2D eigenvalue weighted by Crippen LogP contribution is 2.37. The number of aryl methyl sites for hydroxylation is 1. The van der Waals surface area contributed by atoms with E-state index >= 15 is 0 Å². The predicted molar refractivity (Wildman–Crippen MR) is 146 cm³/mol. The van der Waals surface area contributed by atoms with Crippen LogP contribution in [0, 0.1) is 6.92 Å². The van der Waals surface area contributed by atoms with E-state index in [1.807, 2.05) is 61.5 Å². The standard InChI is InChI=1S/C27H20BrN5O2S/c1-16-2-12-22-25(31-16)29-15-30-26(22)33-23-14-17(27(35)32-19-6-4-18(28)5-7-19)3-13-24(23)36-21-10-8-20(34)9-11-21/h2-15,34H,1H3,(H,32,35)(H,29,30,31,33). The van der Waals surface area contributed by atoms with E-state index in [0.717, 1.165) is 25.3 Å². The number of nitrogens with one attached hydrogen (secondary N) is 2. The largest absolute Gasteiger partial charge is 0.508 e. The summed E-state index contributed by atoms with van der Waals surface area (Å²) in [5.74, 6) is 0.560. The van der Waals surface area contributed by atoms with Crippen molar-refractivity contribution in [1.29, 1.82) is 0 Å². The molecule has 2 heterocycles. The van der Waals surface area contributed by atoms with E-state index in [-0.39, 0.29) is 11.7 Å². The van der Waals surface area contributed by atoms with Crippen molar-refractivity contribution in [3.8, 4) is 5.75 Å². The maximum absolute atomic E-state index is 13.0. The van der Waals surface area contributed by atoms with Crippen molar-refractivity contribution in [2.75, 3.05) is 10.6 Å². The molecule has 0 unspecified atom stereocenters. The first-order valence-electron chi connectivity index (χ1n) is 11.0. The quantitative estimate of drug-likeness (QED) is 0.207. The zero-order chi connectivity index (χ0) is 25.1. The molecular formula is C27H20BrN5O2S. The number of aromatic nitrogens is 3. The number of carbonyl (C=O) groups is 1. The summed E-state index contributed by atoms with van der Waals surface area (Å²) in [6.07, 6.45) is 1.47. The molecule has 1 amide bonds. The summed E-state index contributed by atoms with van der Waals surface area (Å²) in [5.41, 5.74) is 3.34. The van der Waals surface area contributed by atoms with E-state index in [2.05, 4.69) is 41.5 Å². The van der Waals surface area contributed by atoms with E-state index in [4.69, 9.17) is 0 Å². The Morgan fingerprint density at radius 2 is 1.72 bits per heavy atom. The Morgan fingerprint density at radius 3 is 2.50 bits per heavy atom. The fourth-order valence-corrected chi connectivity index (χ4v) is 4.65. The molecule has 0 fully saturated rings. The summed E-state index contributed by atoms with van der Waals surface area (Å²) in [6, 6.07) is 23.7. The first-order valence-corrected chi connectivity index (χ1v) is 12.6. The van der Waals surface area contributed by atoms with Crippen LogP contribution in [0.25, 0.3) is 11.0 Å². The van der Waals surface area contributed by atoms with Crippen molar-refractivity contribution >= 4 is 61.8 Å². The number of fused-ring (bicyclic) bond motifs is 1. The van der Waals surface area contributed by atoms with Crippen LogP contribution in [0.15, 0.2) is 99.5 Å². The molecular weight excluding hydrogens is 538 g/mol. The smallest absolute Gasteiger partial charge is 0.255 e. The molecule has 0 aliphatic carbocycles. The SMILES string of the molecule is Cc1ccc2c(Nc3cc(C(=O)Nc4ccc(Br)cc4)ccc3Sc3ccc(O)cc3)ncnc2n1. The summed E-state index contributed by atoms with van der Waals surface area (Å²) >= 11 is 4.91. The molecule has 5 rings (SSSR count). The number of hydrogen-bond donors (Lipinski definition) is 3. The van der Waals surface area contributed by atoms with Crippen LogP contribution >= 0.6 is 27.7 Å². The van der Waals surface area contributed by atoms with E-state index in [1.165, 1.54) is 18.1 Å². The van der Waals surface area contributed by atoms with Gasteiger partial charge >= 0.3 is 0 Å². The van der Waals surface area contributed by atoms with E-state index in [9.17, 15) is 9.90 Å². The number of pyridine rings is 1. The zero-order valence-corrected chi connectivity index (χ0v) is 21.5. The highest BCUT2D eigenvalue weighted by Gasteiger charge is 2.14. The molecule has 0 aliphatic rings. The van der Waals surface area contributed by atoms with Crippen LogP contribution in [0.5, 0.6) is 5.75 Å². The second-order valence-electron chi connectivity index (χ2n) is 7.94. The summed E-state index contributed by atoms with van der Waals surface area (Å²) in [5, 5.41) is 16.7. The van der Waals surface area contributed by atoms with E-state index < -0.39 is 0 Å². The topological polar surface area (TPSA) is 100 Å². The van der Waals surface area contributed by atoms with Crippen molar-refractivity contribution in [1.82, 2.24) is 15.0 Å². The number of halogens is 1. The van der Waals surface area contributed by atoms with Gasteiger partial charge in [-0.3, -0.25) is 4.79 Å². The van der Waals surface area contributed by atoms with Crippen LogP contribution in [0.3, 0.4) is 0 Å². The van der Waals surface area contributed by atoms with Gasteiger partial charge in [-0.15, -0.1) is 0 Å². The minimum absolute atomic E-state index is 0.202. The molecule has 0 aliphatic heterocycles. The van der Waals surface area contributed by atoms with Crippen LogP contribution < -0.4 is 10.6 Å². The zero-order valence-electron chi connectivity index (χ0n) is 19.1. The Labute approximate surface area is 220 Å². The monoisotopic (exact) mass is 557 g/mol. The third-order valence-corrected chi connectivity index (χ3v) is 6.91. The Hall–Kier alpha value is -3.95. The van der Waals surface area contributed by atoms with Crippen LogP contribution in [0.4, 0.5) is 17.2 Å². The number of phenols is 1.